The van der Waals surface area contributed by atoms with Gasteiger partial charge in [-0.1, -0.05) is 73.3 Å². The number of hydrogen-bond acceptors (Lipinski definition) is 5. The quantitative estimate of drug-likeness (QED) is 0.306. The Labute approximate surface area is 201 Å². The molecule has 0 spiro atoms. The molecular formula is C27H29ClN4O. The minimum atomic E-state index is -0.309. The summed E-state index contributed by atoms with van der Waals surface area (Å²) in [7, 11) is 1.98. The van der Waals surface area contributed by atoms with E-state index in [1.807, 2.05) is 67.8 Å². The van der Waals surface area contributed by atoms with Crippen LogP contribution in [0.15, 0.2) is 125 Å². The fourth-order valence-corrected chi connectivity index (χ4v) is 3.70. The van der Waals surface area contributed by atoms with Crippen LogP contribution in [0.5, 0.6) is 5.75 Å². The summed E-state index contributed by atoms with van der Waals surface area (Å²) in [4.78, 5) is 2.06. The molecule has 1 aromatic rings. The third kappa shape index (κ3) is 6.96. The summed E-state index contributed by atoms with van der Waals surface area (Å²) < 4.78 is 5.95. The van der Waals surface area contributed by atoms with Gasteiger partial charge in [-0.2, -0.15) is 5.26 Å². The van der Waals surface area contributed by atoms with Crippen LogP contribution in [0, 0.1) is 11.3 Å². The summed E-state index contributed by atoms with van der Waals surface area (Å²) >= 11 is 6.66. The summed E-state index contributed by atoms with van der Waals surface area (Å²) in [5.41, 5.74) is 6.54. The number of nitrogens with two attached hydrogens (primary N) is 1. The molecule has 1 heterocycles. The standard InChI is InChI=1S/C25H26ClN3O.C2H3N/c1-4-5-10-18(2)24-22(26)17-23(29(3)25(24)28-27)19-11-9-14-21(16-15-19)30-20-12-7-6-8-13-20;1-2-3/h4-10,12-17,25,28H,1-2,11,27H2,3H3;1H3/b10-5-;. The fourth-order valence-electron chi connectivity index (χ4n) is 3.37. The Morgan fingerprint density at radius 2 is 2.03 bits per heavy atom. The van der Waals surface area contributed by atoms with Gasteiger partial charge in [0.15, 0.2) is 0 Å². The van der Waals surface area contributed by atoms with Crippen molar-refractivity contribution in [1.82, 2.24) is 10.3 Å². The number of para-hydroxylation sites is 1. The Balaban J connectivity index is 0.00000122. The maximum absolute atomic E-state index is 7.32. The molecule has 0 radical (unpaired) electrons. The van der Waals surface area contributed by atoms with Gasteiger partial charge in [0.1, 0.15) is 17.7 Å². The van der Waals surface area contributed by atoms with Crippen molar-refractivity contribution in [2.75, 3.05) is 7.05 Å². The number of hydrazine groups is 1. The summed E-state index contributed by atoms with van der Waals surface area (Å²) in [6.45, 7) is 9.25. The molecular weight excluding hydrogens is 432 g/mol. The minimum Gasteiger partial charge on any atom is -0.457 e. The first kappa shape index (κ1) is 25.7. The van der Waals surface area contributed by atoms with Crippen LogP contribution >= 0.6 is 11.6 Å². The molecule has 170 valence electrons. The molecule has 6 heteroatoms. The second-order valence-corrected chi connectivity index (χ2v) is 7.50. The molecule has 1 unspecified atom stereocenters. The SMILES string of the molecule is C=C/C=C\C(=C)C1=C(Cl)C=C(C2=CC=C(Oc3ccccc3)C=CC2)N(C)C1NN.CC#N. The Morgan fingerprint density at radius 1 is 1.33 bits per heavy atom. The van der Waals surface area contributed by atoms with Crippen LogP contribution in [0.1, 0.15) is 13.3 Å². The van der Waals surface area contributed by atoms with Gasteiger partial charge in [-0.3, -0.25) is 5.84 Å². The molecule has 2 aliphatic rings. The topological polar surface area (TPSA) is 74.3 Å². The summed E-state index contributed by atoms with van der Waals surface area (Å²) in [6.07, 6.45) is 15.8. The Kier molecular flexibility index (Phi) is 10.2. The number of nitrogens with one attached hydrogen (secondary N) is 1. The molecule has 1 atom stereocenters. The Bertz CT molecular complexity index is 1080. The highest BCUT2D eigenvalue weighted by Crippen LogP contribution is 2.35. The number of halogens is 1. The van der Waals surface area contributed by atoms with Crippen LogP contribution in [-0.4, -0.2) is 18.1 Å². The highest BCUT2D eigenvalue weighted by molar-refractivity contribution is 6.32. The lowest BCUT2D eigenvalue weighted by atomic mass is 9.96. The van der Waals surface area contributed by atoms with Crippen molar-refractivity contribution in [3.63, 3.8) is 0 Å². The van der Waals surface area contributed by atoms with Crippen molar-refractivity contribution < 1.29 is 4.74 Å². The molecule has 0 aromatic heterocycles. The number of rotatable bonds is 7. The first-order chi connectivity index (χ1) is 16.0. The molecule has 3 N–H and O–H groups in total. The van der Waals surface area contributed by atoms with E-state index in [2.05, 4.69) is 35.6 Å². The van der Waals surface area contributed by atoms with Gasteiger partial charge in [0.2, 0.25) is 0 Å². The van der Waals surface area contributed by atoms with Gasteiger partial charge in [0.05, 0.1) is 6.07 Å². The van der Waals surface area contributed by atoms with Crippen molar-refractivity contribution in [2.45, 2.75) is 19.5 Å². The lowest BCUT2D eigenvalue weighted by Crippen LogP contribution is -2.49. The molecule has 1 aliphatic carbocycles. The van der Waals surface area contributed by atoms with Gasteiger partial charge < -0.3 is 9.64 Å². The molecule has 0 fully saturated rings. The van der Waals surface area contributed by atoms with E-state index < -0.39 is 0 Å². The number of ether oxygens (including phenoxy) is 1. The molecule has 1 aromatic carbocycles. The number of hydrogen-bond donors (Lipinski definition) is 2. The Hall–Kier alpha value is -3.56. The van der Waals surface area contributed by atoms with Gasteiger partial charge in [-0.25, -0.2) is 5.43 Å². The maximum Gasteiger partial charge on any atom is 0.127 e. The van der Waals surface area contributed by atoms with Crippen LogP contribution in [0.25, 0.3) is 0 Å². The van der Waals surface area contributed by atoms with Crippen LogP contribution in [0.3, 0.4) is 0 Å². The molecule has 5 nitrogen and oxygen atoms in total. The molecule has 0 saturated carbocycles. The van der Waals surface area contributed by atoms with Crippen molar-refractivity contribution in [1.29, 1.82) is 5.26 Å². The van der Waals surface area contributed by atoms with Gasteiger partial charge in [0, 0.05) is 30.3 Å². The van der Waals surface area contributed by atoms with E-state index in [-0.39, 0.29) is 6.17 Å². The average Bonchev–Trinajstić information content (AvgIpc) is 3.05. The monoisotopic (exact) mass is 460 g/mol. The number of nitriles is 1. The second kappa shape index (κ2) is 13.1. The molecule has 3 rings (SSSR count). The third-order valence-electron chi connectivity index (χ3n) is 4.88. The Morgan fingerprint density at radius 3 is 2.67 bits per heavy atom. The van der Waals surface area contributed by atoms with E-state index in [4.69, 9.17) is 27.4 Å². The van der Waals surface area contributed by atoms with E-state index in [1.165, 1.54) is 6.92 Å². The predicted octanol–water partition coefficient (Wildman–Crippen LogP) is 5.78. The van der Waals surface area contributed by atoms with Crippen LogP contribution in [0.2, 0.25) is 0 Å². The zero-order chi connectivity index (χ0) is 24.2. The zero-order valence-corrected chi connectivity index (χ0v) is 19.7. The van der Waals surface area contributed by atoms with E-state index >= 15 is 0 Å². The minimum absolute atomic E-state index is 0.309. The predicted molar refractivity (Wildman–Crippen MR) is 137 cm³/mol. The van der Waals surface area contributed by atoms with Crippen molar-refractivity contribution in [3.8, 4) is 11.8 Å². The fraction of sp³-hybridized carbons (Fsp3) is 0.148. The number of benzene rings is 1. The van der Waals surface area contributed by atoms with Crippen LogP contribution < -0.4 is 16.0 Å². The van der Waals surface area contributed by atoms with Crippen molar-refractivity contribution in [2.24, 2.45) is 5.84 Å². The van der Waals surface area contributed by atoms with E-state index in [0.717, 1.165) is 40.3 Å². The summed E-state index contributed by atoms with van der Waals surface area (Å²) in [5.74, 6) is 7.45. The first-order valence-electron chi connectivity index (χ1n) is 10.4. The van der Waals surface area contributed by atoms with Crippen molar-refractivity contribution >= 4 is 11.6 Å². The van der Waals surface area contributed by atoms with Crippen molar-refractivity contribution in [3.05, 3.63) is 125 Å². The highest BCUT2D eigenvalue weighted by atomic mass is 35.5. The zero-order valence-electron chi connectivity index (χ0n) is 19.0. The molecule has 1 aliphatic heterocycles. The number of allylic oxidation sites excluding steroid dienone is 10. The van der Waals surface area contributed by atoms with Gasteiger partial charge in [0.25, 0.3) is 0 Å². The average molecular weight is 461 g/mol. The normalized spacial score (nSPS) is 17.7. The van der Waals surface area contributed by atoms with E-state index in [9.17, 15) is 0 Å². The molecule has 33 heavy (non-hydrogen) atoms. The largest absolute Gasteiger partial charge is 0.457 e. The number of likely N-dealkylation sites (N-methyl/N-ethyl adjacent to an activating group) is 1. The smallest absolute Gasteiger partial charge is 0.127 e. The second-order valence-electron chi connectivity index (χ2n) is 7.10. The highest BCUT2D eigenvalue weighted by Gasteiger charge is 2.29. The number of nitrogens with zero attached hydrogens (tertiary/aromatic N) is 2. The van der Waals surface area contributed by atoms with Crippen LogP contribution in [-0.2, 0) is 0 Å². The molecule has 0 saturated heterocycles. The first-order valence-corrected chi connectivity index (χ1v) is 10.7. The van der Waals surface area contributed by atoms with Gasteiger partial charge in [-0.05, 0) is 47.9 Å². The molecule has 0 amide bonds. The van der Waals surface area contributed by atoms with E-state index in [0.29, 0.717) is 5.03 Å². The van der Waals surface area contributed by atoms with Gasteiger partial charge >= 0.3 is 0 Å². The van der Waals surface area contributed by atoms with Crippen LogP contribution in [0.4, 0.5) is 0 Å². The third-order valence-corrected chi connectivity index (χ3v) is 5.19. The van der Waals surface area contributed by atoms with E-state index in [1.54, 1.807) is 12.1 Å². The summed E-state index contributed by atoms with van der Waals surface area (Å²) in [5, 5.41) is 7.92. The lowest BCUT2D eigenvalue weighted by Gasteiger charge is -2.37. The molecule has 0 bridgehead atoms. The summed E-state index contributed by atoms with van der Waals surface area (Å²) in [6, 6.07) is 11.5. The lowest BCUT2D eigenvalue weighted by molar-refractivity contribution is 0.294. The van der Waals surface area contributed by atoms with Gasteiger partial charge in [-0.15, -0.1) is 0 Å². The maximum atomic E-state index is 7.32.